The molecule has 1 unspecified atom stereocenters. The van der Waals surface area contributed by atoms with Gasteiger partial charge < -0.3 is 28.8 Å². The molecule has 6 nitrogen and oxygen atoms in total. The van der Waals surface area contributed by atoms with Crippen LogP contribution in [-0.2, 0) is 30.3 Å². The van der Waals surface area contributed by atoms with E-state index in [1.807, 2.05) is 67.6 Å². The first-order valence-corrected chi connectivity index (χ1v) is 10.2. The van der Waals surface area contributed by atoms with Crippen molar-refractivity contribution in [2.45, 2.75) is 56.6 Å². The molecule has 1 N–H and O–H groups in total. The zero-order valence-electron chi connectivity index (χ0n) is 17.0. The van der Waals surface area contributed by atoms with Gasteiger partial charge in [-0.1, -0.05) is 66.7 Å². The summed E-state index contributed by atoms with van der Waals surface area (Å²) in [4.78, 5) is 0. The van der Waals surface area contributed by atoms with Crippen LogP contribution in [0.25, 0.3) is 0 Å². The number of hydrogen-bond acceptors (Lipinski definition) is 6. The van der Waals surface area contributed by atoms with Crippen molar-refractivity contribution < 1.29 is 28.8 Å². The Labute approximate surface area is 177 Å². The van der Waals surface area contributed by atoms with Crippen LogP contribution in [0.4, 0.5) is 0 Å². The fourth-order valence-corrected chi connectivity index (χ4v) is 3.68. The molecule has 160 valence electrons. The van der Waals surface area contributed by atoms with Crippen LogP contribution in [0.3, 0.4) is 0 Å². The second kappa shape index (κ2) is 9.83. The Morgan fingerprint density at radius 1 is 1.10 bits per heavy atom. The predicted molar refractivity (Wildman–Crippen MR) is 110 cm³/mol. The molecule has 0 radical (unpaired) electrons. The first-order valence-electron chi connectivity index (χ1n) is 10.2. The zero-order chi connectivity index (χ0) is 20.9. The summed E-state index contributed by atoms with van der Waals surface area (Å²) in [7, 11) is 0. The molecule has 2 heterocycles. The van der Waals surface area contributed by atoms with Gasteiger partial charge in [0, 0.05) is 5.56 Å². The SMILES string of the molecule is C=CC(C)O[C@@H]1O[C@@H]2CO[C@@H](c3ccccc3)O[C@H]2[C@H](OCc2ccccc2)[C@H]1O. The smallest absolute Gasteiger partial charge is 0.187 e. The number of benzene rings is 2. The molecule has 30 heavy (non-hydrogen) atoms. The van der Waals surface area contributed by atoms with Crippen molar-refractivity contribution in [3.63, 3.8) is 0 Å². The van der Waals surface area contributed by atoms with E-state index in [1.165, 1.54) is 0 Å². The lowest BCUT2D eigenvalue weighted by Gasteiger charge is -2.48. The van der Waals surface area contributed by atoms with Crippen LogP contribution in [0.5, 0.6) is 0 Å². The van der Waals surface area contributed by atoms with E-state index in [1.54, 1.807) is 6.08 Å². The highest BCUT2D eigenvalue weighted by Crippen LogP contribution is 2.36. The Hall–Kier alpha value is -2.06. The standard InChI is InChI=1S/C24H28O6/c1-3-16(2)28-24-20(25)22(26-14-17-10-6-4-7-11-17)21-19(29-24)15-27-23(30-21)18-12-8-5-9-13-18/h3-13,16,19-25H,1,14-15H2,2H3/t16?,19-,20-,21-,22-,23-,24-/m1/s1. The molecular formula is C24H28O6. The van der Waals surface area contributed by atoms with Crippen molar-refractivity contribution in [2.24, 2.45) is 0 Å². The van der Waals surface area contributed by atoms with Gasteiger partial charge in [-0.25, -0.2) is 0 Å². The second-order valence-electron chi connectivity index (χ2n) is 7.55. The van der Waals surface area contributed by atoms with E-state index in [0.29, 0.717) is 13.2 Å². The maximum Gasteiger partial charge on any atom is 0.187 e. The largest absolute Gasteiger partial charge is 0.385 e. The molecule has 2 aromatic carbocycles. The molecule has 0 amide bonds. The molecule has 2 aliphatic heterocycles. The van der Waals surface area contributed by atoms with Crippen molar-refractivity contribution in [2.75, 3.05) is 6.61 Å². The minimum absolute atomic E-state index is 0.279. The monoisotopic (exact) mass is 412 g/mol. The minimum atomic E-state index is -1.02. The van der Waals surface area contributed by atoms with Gasteiger partial charge in [0.25, 0.3) is 0 Å². The fraction of sp³-hybridized carbons (Fsp3) is 0.417. The number of fused-ring (bicyclic) bond motifs is 1. The van der Waals surface area contributed by atoms with E-state index in [-0.39, 0.29) is 6.10 Å². The summed E-state index contributed by atoms with van der Waals surface area (Å²) >= 11 is 0. The van der Waals surface area contributed by atoms with Gasteiger partial charge in [-0.3, -0.25) is 0 Å². The summed E-state index contributed by atoms with van der Waals surface area (Å²) in [6.45, 7) is 6.22. The molecule has 4 rings (SSSR count). The van der Waals surface area contributed by atoms with E-state index >= 15 is 0 Å². The van der Waals surface area contributed by atoms with Crippen LogP contribution >= 0.6 is 0 Å². The van der Waals surface area contributed by atoms with Gasteiger partial charge in [-0.2, -0.15) is 0 Å². The average Bonchev–Trinajstić information content (AvgIpc) is 2.80. The molecule has 0 aromatic heterocycles. The maximum absolute atomic E-state index is 11.0. The molecule has 0 aliphatic carbocycles. The molecule has 7 atom stereocenters. The number of rotatable bonds is 7. The van der Waals surface area contributed by atoms with E-state index in [4.69, 9.17) is 23.7 Å². The van der Waals surface area contributed by atoms with Gasteiger partial charge in [0.15, 0.2) is 12.6 Å². The molecule has 0 saturated carbocycles. The summed E-state index contributed by atoms with van der Waals surface area (Å²) in [6, 6.07) is 19.5. The molecule has 2 aromatic rings. The van der Waals surface area contributed by atoms with Crippen molar-refractivity contribution in [1.29, 1.82) is 0 Å². The molecule has 6 heteroatoms. The third kappa shape index (κ3) is 4.81. The van der Waals surface area contributed by atoms with Gasteiger partial charge in [-0.05, 0) is 12.5 Å². The van der Waals surface area contributed by atoms with Gasteiger partial charge >= 0.3 is 0 Å². The number of ether oxygens (including phenoxy) is 5. The van der Waals surface area contributed by atoms with Gasteiger partial charge in [0.1, 0.15) is 24.4 Å². The average molecular weight is 412 g/mol. The molecule has 2 saturated heterocycles. The summed E-state index contributed by atoms with van der Waals surface area (Å²) in [6.07, 6.45) is -2.61. The van der Waals surface area contributed by atoms with Crippen LogP contribution in [0.2, 0.25) is 0 Å². The van der Waals surface area contributed by atoms with E-state index < -0.39 is 37.0 Å². The van der Waals surface area contributed by atoms with Gasteiger partial charge in [0.05, 0.1) is 19.3 Å². The quantitative estimate of drug-likeness (QED) is 0.704. The van der Waals surface area contributed by atoms with Gasteiger partial charge in [-0.15, -0.1) is 6.58 Å². The van der Waals surface area contributed by atoms with Gasteiger partial charge in [0.2, 0.25) is 0 Å². The Bertz CT molecular complexity index is 798. The summed E-state index contributed by atoms with van der Waals surface area (Å²) in [5, 5.41) is 11.0. The van der Waals surface area contributed by atoms with Crippen LogP contribution in [-0.4, -0.2) is 48.5 Å². The van der Waals surface area contributed by atoms with Crippen molar-refractivity contribution in [1.82, 2.24) is 0 Å². The summed E-state index contributed by atoms with van der Waals surface area (Å²) in [5.41, 5.74) is 1.92. The van der Waals surface area contributed by atoms with Crippen molar-refractivity contribution in [3.8, 4) is 0 Å². The molecule has 0 spiro atoms. The van der Waals surface area contributed by atoms with E-state index in [2.05, 4.69) is 6.58 Å². The Balaban J connectivity index is 1.53. The Kier molecular flexibility index (Phi) is 6.94. The predicted octanol–water partition coefficient (Wildman–Crippen LogP) is 3.36. The van der Waals surface area contributed by atoms with E-state index in [9.17, 15) is 5.11 Å². The fourth-order valence-electron chi connectivity index (χ4n) is 3.68. The lowest BCUT2D eigenvalue weighted by Crippen LogP contribution is -2.63. The first-order chi connectivity index (χ1) is 14.7. The van der Waals surface area contributed by atoms with Crippen LogP contribution < -0.4 is 0 Å². The van der Waals surface area contributed by atoms with Crippen LogP contribution in [0.1, 0.15) is 24.3 Å². The molecular weight excluding hydrogens is 384 g/mol. The number of aliphatic hydroxyl groups is 1. The highest BCUT2D eigenvalue weighted by atomic mass is 16.8. The highest BCUT2D eigenvalue weighted by molar-refractivity contribution is 5.17. The molecule has 0 bridgehead atoms. The summed E-state index contributed by atoms with van der Waals surface area (Å²) < 4.78 is 30.1. The van der Waals surface area contributed by atoms with Crippen LogP contribution in [0, 0.1) is 0 Å². The molecule has 2 aliphatic rings. The third-order valence-corrected chi connectivity index (χ3v) is 5.34. The number of hydrogen-bond donors (Lipinski definition) is 1. The zero-order valence-corrected chi connectivity index (χ0v) is 17.0. The van der Waals surface area contributed by atoms with Crippen LogP contribution in [0.15, 0.2) is 73.3 Å². The van der Waals surface area contributed by atoms with Crippen molar-refractivity contribution >= 4 is 0 Å². The molecule has 2 fully saturated rings. The third-order valence-electron chi connectivity index (χ3n) is 5.34. The Morgan fingerprint density at radius 2 is 1.80 bits per heavy atom. The lowest BCUT2D eigenvalue weighted by molar-refractivity contribution is -0.369. The maximum atomic E-state index is 11.0. The summed E-state index contributed by atoms with van der Waals surface area (Å²) in [5.74, 6) is 0. The highest BCUT2D eigenvalue weighted by Gasteiger charge is 2.50. The second-order valence-corrected chi connectivity index (χ2v) is 7.55. The topological polar surface area (TPSA) is 66.4 Å². The Morgan fingerprint density at radius 3 is 2.50 bits per heavy atom. The first kappa shape index (κ1) is 21.2. The van der Waals surface area contributed by atoms with E-state index in [0.717, 1.165) is 11.1 Å². The number of aliphatic hydroxyl groups excluding tert-OH is 1. The normalized spacial score (nSPS) is 32.2. The minimum Gasteiger partial charge on any atom is -0.385 e. The lowest BCUT2D eigenvalue weighted by atomic mass is 9.97. The van der Waals surface area contributed by atoms with Crippen molar-refractivity contribution in [3.05, 3.63) is 84.4 Å².